The van der Waals surface area contributed by atoms with Crippen molar-refractivity contribution in [3.63, 3.8) is 0 Å². The van der Waals surface area contributed by atoms with Crippen LogP contribution in [0.3, 0.4) is 0 Å². The SMILES string of the molecule is c1ccc(N(c2cc3c4occc4n4c5ccoc5c(c2)c34)c2cc3c4occc4n4c5ccoc5c(c2)c34)cc1. The summed E-state index contributed by atoms with van der Waals surface area (Å²) in [7, 11) is 0. The quantitative estimate of drug-likeness (QED) is 0.227. The molecule has 0 bridgehead atoms. The van der Waals surface area contributed by atoms with Gasteiger partial charge in [-0.3, -0.25) is 0 Å². The van der Waals surface area contributed by atoms with Gasteiger partial charge in [0.05, 0.1) is 58.2 Å². The van der Waals surface area contributed by atoms with Crippen LogP contribution >= 0.6 is 0 Å². The molecule has 41 heavy (non-hydrogen) atoms. The van der Waals surface area contributed by atoms with E-state index in [2.05, 4.69) is 62.2 Å². The highest BCUT2D eigenvalue weighted by Gasteiger charge is 2.27. The molecule has 0 spiro atoms. The third-order valence-corrected chi connectivity index (χ3v) is 8.69. The average molecular weight is 532 g/mol. The Balaban J connectivity index is 1.30. The minimum Gasteiger partial charge on any atom is -0.462 e. The van der Waals surface area contributed by atoms with Crippen molar-refractivity contribution in [2.24, 2.45) is 0 Å². The van der Waals surface area contributed by atoms with Crippen LogP contribution in [0.2, 0.25) is 0 Å². The van der Waals surface area contributed by atoms with Gasteiger partial charge in [-0.2, -0.15) is 0 Å². The lowest BCUT2D eigenvalue weighted by molar-refractivity contribution is 0.618. The summed E-state index contributed by atoms with van der Waals surface area (Å²) in [5, 5.41) is 4.18. The van der Waals surface area contributed by atoms with Crippen LogP contribution in [-0.4, -0.2) is 8.80 Å². The molecule has 0 aliphatic carbocycles. The first-order valence-corrected chi connectivity index (χ1v) is 13.5. The Kier molecular flexibility index (Phi) is 3.27. The number of fused-ring (bicyclic) bond motifs is 12. The molecule has 11 aromatic rings. The van der Waals surface area contributed by atoms with Crippen LogP contribution in [0.25, 0.3) is 77.0 Å². The Hall–Kier alpha value is -5.82. The van der Waals surface area contributed by atoms with E-state index in [0.717, 1.165) is 94.0 Å². The summed E-state index contributed by atoms with van der Waals surface area (Å²) in [6.45, 7) is 0. The highest BCUT2D eigenvalue weighted by Crippen LogP contribution is 2.48. The molecule has 0 radical (unpaired) electrons. The van der Waals surface area contributed by atoms with Crippen molar-refractivity contribution in [1.29, 1.82) is 0 Å². The Morgan fingerprint density at radius 1 is 0.415 bits per heavy atom. The van der Waals surface area contributed by atoms with Gasteiger partial charge in [0.25, 0.3) is 0 Å². The molecule has 3 aromatic carbocycles. The Morgan fingerprint density at radius 2 is 0.780 bits per heavy atom. The predicted octanol–water partition coefficient (Wildman–Crippen LogP) is 9.83. The van der Waals surface area contributed by atoms with E-state index in [4.69, 9.17) is 17.7 Å². The Morgan fingerprint density at radius 3 is 1.15 bits per heavy atom. The third-order valence-electron chi connectivity index (χ3n) is 8.69. The fourth-order valence-corrected chi connectivity index (χ4v) is 7.16. The maximum absolute atomic E-state index is 6.04. The summed E-state index contributed by atoms with van der Waals surface area (Å²) >= 11 is 0. The Bertz CT molecular complexity index is 2430. The highest BCUT2D eigenvalue weighted by atomic mass is 16.3. The van der Waals surface area contributed by atoms with Gasteiger partial charge in [0.1, 0.15) is 0 Å². The van der Waals surface area contributed by atoms with Crippen molar-refractivity contribution in [2.75, 3.05) is 4.90 Å². The van der Waals surface area contributed by atoms with Gasteiger partial charge in [-0.25, -0.2) is 0 Å². The van der Waals surface area contributed by atoms with Gasteiger partial charge < -0.3 is 31.4 Å². The molecule has 8 heterocycles. The number of anilines is 3. The topological polar surface area (TPSA) is 64.6 Å². The fraction of sp³-hybridized carbons (Fsp3) is 0. The van der Waals surface area contributed by atoms with Gasteiger partial charge in [0.2, 0.25) is 0 Å². The molecule has 0 amide bonds. The zero-order chi connectivity index (χ0) is 26.4. The molecule has 0 atom stereocenters. The average Bonchev–Trinajstić information content (AvgIpc) is 3.83. The summed E-state index contributed by atoms with van der Waals surface area (Å²) < 4.78 is 28.6. The van der Waals surface area contributed by atoms with Gasteiger partial charge in [0, 0.05) is 62.9 Å². The molecular formula is C34H17N3O4. The lowest BCUT2D eigenvalue weighted by Gasteiger charge is -2.26. The molecule has 0 saturated heterocycles. The number of nitrogens with zero attached hydrogens (tertiary/aromatic N) is 3. The van der Waals surface area contributed by atoms with Crippen LogP contribution < -0.4 is 4.90 Å². The standard InChI is InChI=1S/C34H17N3O4/c1-2-4-18(5-3-1)35(19-14-21-29-22(15-19)32-26(7-11-39-32)36(29)25-6-10-38-31(21)25)20-16-23-30-24(17-20)34-28(9-13-41-34)37(30)27-8-12-40-33(23)27/h1-17H. The van der Waals surface area contributed by atoms with Crippen LogP contribution in [0.4, 0.5) is 17.1 Å². The van der Waals surface area contributed by atoms with Crippen molar-refractivity contribution in [2.45, 2.75) is 0 Å². The molecule has 8 aromatic heterocycles. The lowest BCUT2D eigenvalue weighted by Crippen LogP contribution is -2.09. The monoisotopic (exact) mass is 531 g/mol. The smallest absolute Gasteiger partial charge is 0.160 e. The van der Waals surface area contributed by atoms with Crippen molar-refractivity contribution >= 4 is 94.0 Å². The van der Waals surface area contributed by atoms with Crippen LogP contribution in [0.15, 0.2) is 122 Å². The zero-order valence-electron chi connectivity index (χ0n) is 21.3. The summed E-state index contributed by atoms with van der Waals surface area (Å²) in [6.07, 6.45) is 7.01. The fourth-order valence-electron chi connectivity index (χ4n) is 7.16. The number of para-hydroxylation sites is 1. The third kappa shape index (κ3) is 2.22. The predicted molar refractivity (Wildman–Crippen MR) is 160 cm³/mol. The first-order valence-electron chi connectivity index (χ1n) is 13.5. The second kappa shape index (κ2) is 6.66. The summed E-state index contributed by atoms with van der Waals surface area (Å²) in [5.74, 6) is 0. The van der Waals surface area contributed by atoms with Crippen molar-refractivity contribution in [3.8, 4) is 0 Å². The van der Waals surface area contributed by atoms with Crippen molar-refractivity contribution in [1.82, 2.24) is 8.80 Å². The second-order valence-corrected chi connectivity index (χ2v) is 10.7. The molecule has 0 fully saturated rings. The van der Waals surface area contributed by atoms with E-state index in [0.29, 0.717) is 0 Å². The van der Waals surface area contributed by atoms with Gasteiger partial charge in [-0.15, -0.1) is 0 Å². The van der Waals surface area contributed by atoms with E-state index < -0.39 is 0 Å². The minimum atomic E-state index is 0.867. The second-order valence-electron chi connectivity index (χ2n) is 10.7. The van der Waals surface area contributed by atoms with E-state index in [-0.39, 0.29) is 0 Å². The van der Waals surface area contributed by atoms with Crippen LogP contribution in [-0.2, 0) is 0 Å². The van der Waals surface area contributed by atoms with Crippen molar-refractivity contribution < 1.29 is 17.7 Å². The molecule has 11 rings (SSSR count). The number of benzene rings is 3. The molecule has 0 saturated carbocycles. The molecule has 0 unspecified atom stereocenters. The molecule has 0 aliphatic heterocycles. The molecule has 7 heteroatoms. The van der Waals surface area contributed by atoms with E-state index >= 15 is 0 Å². The number of rotatable bonds is 3. The van der Waals surface area contributed by atoms with E-state index in [9.17, 15) is 0 Å². The van der Waals surface area contributed by atoms with E-state index in [1.807, 2.05) is 30.3 Å². The van der Waals surface area contributed by atoms with Gasteiger partial charge >= 0.3 is 0 Å². The Labute approximate surface area is 229 Å². The molecular weight excluding hydrogens is 514 g/mol. The maximum atomic E-state index is 6.04. The number of hydrogen-bond acceptors (Lipinski definition) is 5. The minimum absolute atomic E-state index is 0.867. The largest absolute Gasteiger partial charge is 0.462 e. The highest BCUT2D eigenvalue weighted by molar-refractivity contribution is 6.24. The first kappa shape index (κ1) is 20.1. The van der Waals surface area contributed by atoms with Gasteiger partial charge in [-0.1, -0.05) is 18.2 Å². The van der Waals surface area contributed by atoms with Crippen LogP contribution in [0.1, 0.15) is 0 Å². The van der Waals surface area contributed by atoms with Crippen LogP contribution in [0, 0.1) is 0 Å². The molecule has 0 N–H and O–H groups in total. The van der Waals surface area contributed by atoms with Gasteiger partial charge in [-0.05, 0) is 36.4 Å². The van der Waals surface area contributed by atoms with Gasteiger partial charge in [0.15, 0.2) is 22.3 Å². The normalized spacial score (nSPS) is 12.9. The summed E-state index contributed by atoms with van der Waals surface area (Å²) in [5.41, 5.74) is 12.8. The number of aromatic nitrogens is 2. The maximum Gasteiger partial charge on any atom is 0.160 e. The molecule has 192 valence electrons. The van der Waals surface area contributed by atoms with Crippen LogP contribution in [0.5, 0.6) is 0 Å². The van der Waals surface area contributed by atoms with Crippen molar-refractivity contribution in [3.05, 3.63) is 104 Å². The summed E-state index contributed by atoms with van der Waals surface area (Å²) in [6, 6.07) is 27.4. The molecule has 0 aliphatic rings. The number of furan rings is 4. The summed E-state index contributed by atoms with van der Waals surface area (Å²) in [4.78, 5) is 2.28. The van der Waals surface area contributed by atoms with E-state index in [1.54, 1.807) is 25.1 Å². The molecule has 7 nitrogen and oxygen atoms in total. The number of hydrogen-bond donors (Lipinski definition) is 0. The first-order chi connectivity index (χ1) is 20.3. The lowest BCUT2D eigenvalue weighted by atomic mass is 10.1. The zero-order valence-corrected chi connectivity index (χ0v) is 21.3. The van der Waals surface area contributed by atoms with E-state index in [1.165, 1.54) is 0 Å².